The van der Waals surface area contributed by atoms with Crippen molar-refractivity contribution >= 4 is 17.5 Å². The Kier molecular flexibility index (Phi) is 3.98. The fourth-order valence-electron chi connectivity index (χ4n) is 1.90. The van der Waals surface area contributed by atoms with Crippen LogP contribution in [0.3, 0.4) is 0 Å². The second kappa shape index (κ2) is 5.71. The Labute approximate surface area is 119 Å². The average molecular weight is 293 g/mol. The predicted molar refractivity (Wildman–Crippen MR) is 74.5 cm³/mol. The van der Waals surface area contributed by atoms with Crippen molar-refractivity contribution in [2.24, 2.45) is 5.84 Å². The average Bonchev–Trinajstić information content (AvgIpc) is 2.74. The Morgan fingerprint density at radius 2 is 2.00 bits per heavy atom. The van der Waals surface area contributed by atoms with Gasteiger partial charge in [-0.15, -0.1) is 0 Å². The number of rotatable bonds is 5. The Morgan fingerprint density at radius 1 is 1.29 bits per heavy atom. The zero-order valence-electron chi connectivity index (χ0n) is 11.8. The number of hydrogen-bond acceptors (Lipinski definition) is 9. The topological polar surface area (TPSA) is 145 Å². The van der Waals surface area contributed by atoms with E-state index < -0.39 is 4.92 Å². The van der Waals surface area contributed by atoms with Crippen LogP contribution in [0.15, 0.2) is 4.52 Å². The van der Waals surface area contributed by atoms with Crippen LogP contribution in [0.1, 0.15) is 22.7 Å². The van der Waals surface area contributed by atoms with Crippen molar-refractivity contribution in [3.8, 4) is 0 Å². The maximum absolute atomic E-state index is 11.1. The highest BCUT2D eigenvalue weighted by Crippen LogP contribution is 2.27. The van der Waals surface area contributed by atoms with Gasteiger partial charge in [-0.1, -0.05) is 5.16 Å². The summed E-state index contributed by atoms with van der Waals surface area (Å²) < 4.78 is 5.04. The molecule has 4 N–H and O–H groups in total. The Hall–Kier alpha value is -2.75. The lowest BCUT2D eigenvalue weighted by atomic mass is 10.2. The molecule has 0 aromatic carbocycles. The molecule has 0 bridgehead atoms. The van der Waals surface area contributed by atoms with Crippen molar-refractivity contribution in [3.05, 3.63) is 32.8 Å². The summed E-state index contributed by atoms with van der Waals surface area (Å²) in [5.74, 6) is 6.08. The molecule has 0 amide bonds. The first kappa shape index (κ1) is 14.7. The monoisotopic (exact) mass is 293 g/mol. The molecule has 2 heterocycles. The first-order chi connectivity index (χ1) is 9.93. The molecule has 0 fully saturated rings. The number of hydrogen-bond donors (Lipinski definition) is 3. The standard InChI is InChI=1S/C11H15N7O3/c1-5-8(7(3)21-17-5)4-13-10-9(18(19)20)6(2)14-11(15-10)16-12/h4,12H2,1-3H3,(H2,13,14,15,16). The number of anilines is 2. The number of hydrazine groups is 1. The van der Waals surface area contributed by atoms with Gasteiger partial charge in [0.05, 0.1) is 10.6 Å². The normalized spacial score (nSPS) is 10.5. The zero-order valence-corrected chi connectivity index (χ0v) is 11.8. The van der Waals surface area contributed by atoms with E-state index in [-0.39, 0.29) is 23.1 Å². The third-order valence-corrected chi connectivity index (χ3v) is 2.98. The van der Waals surface area contributed by atoms with Gasteiger partial charge in [-0.25, -0.2) is 10.8 Å². The number of nitrogens with zero attached hydrogens (tertiary/aromatic N) is 4. The second-order valence-corrected chi connectivity index (χ2v) is 4.39. The van der Waals surface area contributed by atoms with Crippen molar-refractivity contribution in [1.29, 1.82) is 0 Å². The van der Waals surface area contributed by atoms with Gasteiger partial charge in [-0.05, 0) is 20.8 Å². The maximum Gasteiger partial charge on any atom is 0.332 e. The molecule has 0 aliphatic heterocycles. The summed E-state index contributed by atoms with van der Waals surface area (Å²) in [6, 6.07) is 0. The number of nitro groups is 1. The SMILES string of the molecule is Cc1noc(C)c1CNc1nc(NN)nc(C)c1[N+](=O)[O-]. The van der Waals surface area contributed by atoms with Crippen LogP contribution in [-0.4, -0.2) is 20.0 Å². The molecule has 2 rings (SSSR count). The molecular formula is C11H15N7O3. The first-order valence-electron chi connectivity index (χ1n) is 6.09. The summed E-state index contributed by atoms with van der Waals surface area (Å²) in [7, 11) is 0. The van der Waals surface area contributed by atoms with Crippen LogP contribution in [0.25, 0.3) is 0 Å². The van der Waals surface area contributed by atoms with Crippen LogP contribution >= 0.6 is 0 Å². The van der Waals surface area contributed by atoms with Crippen molar-refractivity contribution in [3.63, 3.8) is 0 Å². The Morgan fingerprint density at radius 3 is 2.52 bits per heavy atom. The van der Waals surface area contributed by atoms with E-state index >= 15 is 0 Å². The largest absolute Gasteiger partial charge is 0.361 e. The molecule has 0 atom stereocenters. The predicted octanol–water partition coefficient (Wildman–Crippen LogP) is 1.20. The summed E-state index contributed by atoms with van der Waals surface area (Å²) in [6.45, 7) is 5.37. The van der Waals surface area contributed by atoms with Gasteiger partial charge in [0.15, 0.2) is 0 Å². The van der Waals surface area contributed by atoms with Crippen LogP contribution < -0.4 is 16.6 Å². The smallest absolute Gasteiger partial charge is 0.332 e. The van der Waals surface area contributed by atoms with Gasteiger partial charge in [-0.3, -0.25) is 15.5 Å². The van der Waals surface area contributed by atoms with Gasteiger partial charge in [0.1, 0.15) is 11.5 Å². The lowest BCUT2D eigenvalue weighted by Crippen LogP contribution is -2.14. The van der Waals surface area contributed by atoms with Gasteiger partial charge in [0, 0.05) is 12.1 Å². The minimum absolute atomic E-state index is 0.0838. The molecule has 2 aromatic heterocycles. The van der Waals surface area contributed by atoms with Crippen LogP contribution in [-0.2, 0) is 6.54 Å². The first-order valence-corrected chi connectivity index (χ1v) is 6.09. The highest BCUT2D eigenvalue weighted by molar-refractivity contribution is 5.60. The highest BCUT2D eigenvalue weighted by atomic mass is 16.6. The van der Waals surface area contributed by atoms with E-state index in [4.69, 9.17) is 10.4 Å². The van der Waals surface area contributed by atoms with E-state index in [1.54, 1.807) is 13.8 Å². The molecule has 0 unspecified atom stereocenters. The molecule has 2 aromatic rings. The number of aromatic nitrogens is 3. The molecule has 0 saturated heterocycles. The van der Waals surface area contributed by atoms with Crippen molar-refractivity contribution in [1.82, 2.24) is 15.1 Å². The maximum atomic E-state index is 11.1. The summed E-state index contributed by atoms with van der Waals surface area (Å²) in [5.41, 5.74) is 3.83. The molecule has 21 heavy (non-hydrogen) atoms. The number of aryl methyl sites for hydroxylation is 3. The van der Waals surface area contributed by atoms with Crippen molar-refractivity contribution in [2.45, 2.75) is 27.3 Å². The lowest BCUT2D eigenvalue weighted by Gasteiger charge is -2.09. The van der Waals surface area contributed by atoms with Crippen LogP contribution in [0.5, 0.6) is 0 Å². The van der Waals surface area contributed by atoms with Crippen LogP contribution in [0.4, 0.5) is 17.5 Å². The minimum atomic E-state index is -0.536. The Bertz CT molecular complexity index is 663. The second-order valence-electron chi connectivity index (χ2n) is 4.39. The van der Waals surface area contributed by atoms with Crippen LogP contribution in [0.2, 0.25) is 0 Å². The Balaban J connectivity index is 2.34. The van der Waals surface area contributed by atoms with E-state index in [0.29, 0.717) is 18.0 Å². The molecule has 0 aliphatic carbocycles. The van der Waals surface area contributed by atoms with E-state index in [0.717, 1.165) is 5.56 Å². The third-order valence-electron chi connectivity index (χ3n) is 2.98. The van der Waals surface area contributed by atoms with Gasteiger partial charge >= 0.3 is 5.69 Å². The summed E-state index contributed by atoms with van der Waals surface area (Å²) in [6.07, 6.45) is 0. The number of nitrogens with two attached hydrogens (primary N) is 1. The third kappa shape index (κ3) is 2.89. The molecule has 0 aliphatic rings. The molecule has 0 spiro atoms. The quantitative estimate of drug-likeness (QED) is 0.420. The highest BCUT2D eigenvalue weighted by Gasteiger charge is 2.22. The van der Waals surface area contributed by atoms with Gasteiger partial charge in [0.25, 0.3) is 0 Å². The summed E-state index contributed by atoms with van der Waals surface area (Å²) in [5, 5.41) is 17.9. The van der Waals surface area contributed by atoms with Gasteiger partial charge in [0.2, 0.25) is 11.8 Å². The van der Waals surface area contributed by atoms with E-state index in [9.17, 15) is 10.1 Å². The fourth-order valence-corrected chi connectivity index (χ4v) is 1.90. The summed E-state index contributed by atoms with van der Waals surface area (Å²) >= 11 is 0. The molecular weight excluding hydrogens is 278 g/mol. The van der Waals surface area contributed by atoms with Crippen LogP contribution in [0, 0.1) is 30.9 Å². The van der Waals surface area contributed by atoms with Crippen molar-refractivity contribution < 1.29 is 9.45 Å². The molecule has 0 radical (unpaired) electrons. The number of nitrogens with one attached hydrogen (secondary N) is 2. The lowest BCUT2D eigenvalue weighted by molar-refractivity contribution is -0.385. The number of nitrogen functional groups attached to an aromatic ring is 1. The summed E-state index contributed by atoms with van der Waals surface area (Å²) in [4.78, 5) is 18.5. The van der Waals surface area contributed by atoms with Gasteiger partial charge < -0.3 is 9.84 Å². The van der Waals surface area contributed by atoms with Gasteiger partial charge in [-0.2, -0.15) is 4.98 Å². The molecule has 10 heteroatoms. The zero-order chi connectivity index (χ0) is 15.6. The van der Waals surface area contributed by atoms with E-state index in [2.05, 4.69) is 25.9 Å². The fraction of sp³-hybridized carbons (Fsp3) is 0.364. The molecule has 0 saturated carbocycles. The van der Waals surface area contributed by atoms with E-state index in [1.165, 1.54) is 6.92 Å². The van der Waals surface area contributed by atoms with E-state index in [1.807, 2.05) is 0 Å². The molecule has 10 nitrogen and oxygen atoms in total. The minimum Gasteiger partial charge on any atom is -0.361 e. The molecule has 112 valence electrons. The van der Waals surface area contributed by atoms with Crippen molar-refractivity contribution in [2.75, 3.05) is 10.7 Å².